The zero-order valence-electron chi connectivity index (χ0n) is 13.1. The van der Waals surface area contributed by atoms with Gasteiger partial charge in [-0.05, 0) is 23.8 Å². The van der Waals surface area contributed by atoms with Gasteiger partial charge in [0, 0.05) is 25.3 Å². The van der Waals surface area contributed by atoms with Gasteiger partial charge in [-0.2, -0.15) is 0 Å². The zero-order valence-corrected chi connectivity index (χ0v) is 13.1. The number of hydrogen-bond donors (Lipinski definition) is 1. The molecule has 3 rings (SSSR count). The van der Waals surface area contributed by atoms with Crippen molar-refractivity contribution < 1.29 is 14.3 Å². The second kappa shape index (κ2) is 7.05. The molecule has 0 spiro atoms. The Morgan fingerprint density at radius 2 is 1.87 bits per heavy atom. The van der Waals surface area contributed by atoms with E-state index in [1.165, 1.54) is 0 Å². The van der Waals surface area contributed by atoms with Crippen LogP contribution in [0.15, 0.2) is 48.5 Å². The summed E-state index contributed by atoms with van der Waals surface area (Å²) in [7, 11) is 1.58. The molecular weight excluding hydrogens is 292 g/mol. The highest BCUT2D eigenvalue weighted by molar-refractivity contribution is 5.78. The quantitative estimate of drug-likeness (QED) is 0.942. The normalized spacial score (nSPS) is 13.5. The minimum Gasteiger partial charge on any atom is -0.493 e. The summed E-state index contributed by atoms with van der Waals surface area (Å²) in [5.41, 5.74) is 2.21. The fraction of sp³-hybridized carbons (Fsp3) is 0.278. The molecule has 1 N–H and O–H groups in total. The smallest absolute Gasteiger partial charge is 0.260 e. The van der Waals surface area contributed by atoms with Gasteiger partial charge < -0.3 is 19.7 Å². The van der Waals surface area contributed by atoms with E-state index in [2.05, 4.69) is 5.32 Å². The summed E-state index contributed by atoms with van der Waals surface area (Å²) in [5, 5.41) is 3.35. The largest absolute Gasteiger partial charge is 0.493 e. The first kappa shape index (κ1) is 15.2. The van der Waals surface area contributed by atoms with Crippen molar-refractivity contribution >= 4 is 11.6 Å². The van der Waals surface area contributed by atoms with Crippen LogP contribution < -0.4 is 14.8 Å². The third-order valence-corrected chi connectivity index (χ3v) is 3.85. The second-order valence-electron chi connectivity index (χ2n) is 5.34. The SMILES string of the molecule is COc1ccccc1OCC(=O)N1CCNc2ccccc2C1. The molecule has 120 valence electrons. The molecular formula is C18H20N2O3. The zero-order chi connectivity index (χ0) is 16.1. The standard InChI is InChI=1S/C18H20N2O3/c1-22-16-8-4-5-9-17(16)23-13-18(21)20-11-10-19-15-7-3-2-6-14(15)12-20/h2-9,19H,10-13H2,1H3. The lowest BCUT2D eigenvalue weighted by molar-refractivity contribution is -0.133. The van der Waals surface area contributed by atoms with E-state index in [1.807, 2.05) is 47.4 Å². The first-order valence-electron chi connectivity index (χ1n) is 7.63. The number of benzene rings is 2. The van der Waals surface area contributed by atoms with Gasteiger partial charge in [-0.1, -0.05) is 30.3 Å². The van der Waals surface area contributed by atoms with Crippen LogP contribution in [0.1, 0.15) is 5.56 Å². The minimum atomic E-state index is -0.0330. The predicted molar refractivity (Wildman–Crippen MR) is 88.8 cm³/mol. The molecule has 1 aliphatic rings. The van der Waals surface area contributed by atoms with Crippen molar-refractivity contribution in [3.63, 3.8) is 0 Å². The lowest BCUT2D eigenvalue weighted by Crippen LogP contribution is -2.36. The first-order chi connectivity index (χ1) is 11.3. The van der Waals surface area contributed by atoms with Crippen molar-refractivity contribution in [2.75, 3.05) is 32.1 Å². The number of anilines is 1. The number of amides is 1. The summed E-state index contributed by atoms with van der Waals surface area (Å²) in [6.45, 7) is 1.99. The molecule has 1 heterocycles. The molecule has 0 fully saturated rings. The molecule has 0 unspecified atom stereocenters. The van der Waals surface area contributed by atoms with Crippen molar-refractivity contribution in [3.05, 3.63) is 54.1 Å². The Morgan fingerprint density at radius 3 is 2.70 bits per heavy atom. The number of carbonyl (C=O) groups is 1. The van der Waals surface area contributed by atoms with E-state index in [9.17, 15) is 4.79 Å². The number of para-hydroxylation sites is 3. The Kier molecular flexibility index (Phi) is 4.66. The summed E-state index contributed by atoms with van der Waals surface area (Å²) in [6, 6.07) is 15.4. The molecule has 0 aliphatic carbocycles. The molecule has 5 heteroatoms. The van der Waals surface area contributed by atoms with Crippen molar-refractivity contribution in [2.24, 2.45) is 0 Å². The second-order valence-corrected chi connectivity index (χ2v) is 5.34. The van der Waals surface area contributed by atoms with Gasteiger partial charge in [0.1, 0.15) is 0 Å². The van der Waals surface area contributed by atoms with Crippen LogP contribution in [0.2, 0.25) is 0 Å². The summed E-state index contributed by atoms with van der Waals surface area (Å²) < 4.78 is 10.9. The van der Waals surface area contributed by atoms with Gasteiger partial charge in [-0.15, -0.1) is 0 Å². The number of hydrogen-bond acceptors (Lipinski definition) is 4. The number of rotatable bonds is 4. The molecule has 0 bridgehead atoms. The Morgan fingerprint density at radius 1 is 1.13 bits per heavy atom. The fourth-order valence-corrected chi connectivity index (χ4v) is 2.62. The molecule has 23 heavy (non-hydrogen) atoms. The van der Waals surface area contributed by atoms with Crippen LogP contribution in [0.5, 0.6) is 11.5 Å². The Balaban J connectivity index is 1.64. The number of fused-ring (bicyclic) bond motifs is 1. The maximum absolute atomic E-state index is 12.5. The van der Waals surface area contributed by atoms with Crippen LogP contribution in [-0.2, 0) is 11.3 Å². The number of ether oxygens (including phenoxy) is 2. The van der Waals surface area contributed by atoms with Gasteiger partial charge in [-0.25, -0.2) is 0 Å². The van der Waals surface area contributed by atoms with E-state index in [-0.39, 0.29) is 12.5 Å². The number of nitrogens with zero attached hydrogens (tertiary/aromatic N) is 1. The number of methoxy groups -OCH3 is 1. The molecule has 0 aromatic heterocycles. The Hall–Kier alpha value is -2.69. The van der Waals surface area contributed by atoms with Gasteiger partial charge in [0.15, 0.2) is 18.1 Å². The highest BCUT2D eigenvalue weighted by atomic mass is 16.5. The molecule has 1 aliphatic heterocycles. The van der Waals surface area contributed by atoms with E-state index < -0.39 is 0 Å². The van der Waals surface area contributed by atoms with Gasteiger partial charge in [-0.3, -0.25) is 4.79 Å². The highest BCUT2D eigenvalue weighted by Gasteiger charge is 2.19. The van der Waals surface area contributed by atoms with E-state index in [0.29, 0.717) is 24.6 Å². The summed E-state index contributed by atoms with van der Waals surface area (Å²) >= 11 is 0. The monoisotopic (exact) mass is 312 g/mol. The Bertz CT molecular complexity index is 687. The van der Waals surface area contributed by atoms with Crippen molar-refractivity contribution in [1.29, 1.82) is 0 Å². The maximum atomic E-state index is 12.5. The first-order valence-corrected chi connectivity index (χ1v) is 7.63. The highest BCUT2D eigenvalue weighted by Crippen LogP contribution is 2.26. The lowest BCUT2D eigenvalue weighted by atomic mass is 10.2. The third kappa shape index (κ3) is 3.56. The van der Waals surface area contributed by atoms with Crippen LogP contribution in [0.25, 0.3) is 0 Å². The van der Waals surface area contributed by atoms with Crippen LogP contribution >= 0.6 is 0 Å². The summed E-state index contributed by atoms with van der Waals surface area (Å²) in [4.78, 5) is 14.3. The van der Waals surface area contributed by atoms with E-state index in [4.69, 9.17) is 9.47 Å². The maximum Gasteiger partial charge on any atom is 0.260 e. The summed E-state index contributed by atoms with van der Waals surface area (Å²) in [6.07, 6.45) is 0. The molecule has 0 radical (unpaired) electrons. The number of carbonyl (C=O) groups excluding carboxylic acids is 1. The van der Waals surface area contributed by atoms with Gasteiger partial charge >= 0.3 is 0 Å². The lowest BCUT2D eigenvalue weighted by Gasteiger charge is -2.20. The van der Waals surface area contributed by atoms with Crippen LogP contribution in [0, 0.1) is 0 Å². The molecule has 0 atom stereocenters. The van der Waals surface area contributed by atoms with Crippen molar-refractivity contribution in [3.8, 4) is 11.5 Å². The van der Waals surface area contributed by atoms with E-state index >= 15 is 0 Å². The third-order valence-electron chi connectivity index (χ3n) is 3.85. The Labute approximate surface area is 135 Å². The van der Waals surface area contributed by atoms with Gasteiger partial charge in [0.25, 0.3) is 5.91 Å². The minimum absolute atomic E-state index is 0.00252. The van der Waals surface area contributed by atoms with Crippen LogP contribution in [-0.4, -0.2) is 37.6 Å². The molecule has 2 aromatic rings. The molecule has 2 aromatic carbocycles. The van der Waals surface area contributed by atoms with E-state index in [1.54, 1.807) is 13.2 Å². The molecule has 0 saturated carbocycles. The average molecular weight is 312 g/mol. The molecule has 0 saturated heterocycles. The average Bonchev–Trinajstić information content (AvgIpc) is 2.82. The molecule has 1 amide bonds. The van der Waals surface area contributed by atoms with Gasteiger partial charge in [0.05, 0.1) is 7.11 Å². The predicted octanol–water partition coefficient (Wildman–Crippen LogP) is 2.53. The van der Waals surface area contributed by atoms with Crippen LogP contribution in [0.3, 0.4) is 0 Å². The van der Waals surface area contributed by atoms with E-state index in [0.717, 1.165) is 17.8 Å². The summed E-state index contributed by atoms with van der Waals surface area (Å²) in [5.74, 6) is 1.18. The fourth-order valence-electron chi connectivity index (χ4n) is 2.62. The number of nitrogens with one attached hydrogen (secondary N) is 1. The van der Waals surface area contributed by atoms with Gasteiger partial charge in [0.2, 0.25) is 0 Å². The topological polar surface area (TPSA) is 50.8 Å². The molecule has 5 nitrogen and oxygen atoms in total. The van der Waals surface area contributed by atoms with Crippen molar-refractivity contribution in [2.45, 2.75) is 6.54 Å². The van der Waals surface area contributed by atoms with Crippen LogP contribution in [0.4, 0.5) is 5.69 Å². The van der Waals surface area contributed by atoms with Crippen molar-refractivity contribution in [1.82, 2.24) is 4.90 Å².